The third kappa shape index (κ3) is 3.98. The van der Waals surface area contributed by atoms with Crippen LogP contribution in [0.15, 0.2) is 42.5 Å². The van der Waals surface area contributed by atoms with Crippen molar-refractivity contribution in [2.45, 2.75) is 25.8 Å². The number of hydrogen-bond acceptors (Lipinski definition) is 3. The van der Waals surface area contributed by atoms with Crippen molar-refractivity contribution >= 4 is 11.7 Å². The van der Waals surface area contributed by atoms with Crippen molar-refractivity contribution in [1.29, 1.82) is 0 Å². The Hall–Kier alpha value is -2.69. The van der Waals surface area contributed by atoms with Crippen LogP contribution >= 0.6 is 0 Å². The average Bonchev–Trinajstić information content (AvgIpc) is 3.03. The SMILES string of the molecule is COc1ccc(NC(=O)NC(C)Cc2ccc3c(c2)CCO3)cc1. The lowest BCUT2D eigenvalue weighted by molar-refractivity contribution is 0.249. The van der Waals surface area contributed by atoms with Gasteiger partial charge >= 0.3 is 6.03 Å². The fraction of sp³-hybridized carbons (Fsp3) is 0.316. The zero-order valence-corrected chi connectivity index (χ0v) is 14.0. The molecule has 2 aromatic rings. The first-order valence-corrected chi connectivity index (χ1v) is 8.10. The summed E-state index contributed by atoms with van der Waals surface area (Å²) >= 11 is 0. The molecule has 0 spiro atoms. The van der Waals surface area contributed by atoms with Crippen LogP contribution in [0.25, 0.3) is 0 Å². The smallest absolute Gasteiger partial charge is 0.319 e. The number of ether oxygens (including phenoxy) is 2. The Labute approximate surface area is 142 Å². The van der Waals surface area contributed by atoms with E-state index in [9.17, 15) is 4.79 Å². The maximum absolute atomic E-state index is 12.1. The summed E-state index contributed by atoms with van der Waals surface area (Å²) < 4.78 is 10.6. The Kier molecular flexibility index (Phi) is 4.89. The van der Waals surface area contributed by atoms with Gasteiger partial charge in [0.2, 0.25) is 0 Å². The highest BCUT2D eigenvalue weighted by atomic mass is 16.5. The van der Waals surface area contributed by atoms with Gasteiger partial charge in [-0.3, -0.25) is 0 Å². The van der Waals surface area contributed by atoms with E-state index in [1.54, 1.807) is 7.11 Å². The van der Waals surface area contributed by atoms with Gasteiger partial charge in [-0.15, -0.1) is 0 Å². The van der Waals surface area contributed by atoms with E-state index in [0.717, 1.165) is 36.6 Å². The fourth-order valence-corrected chi connectivity index (χ4v) is 2.84. The van der Waals surface area contributed by atoms with Crippen LogP contribution in [-0.4, -0.2) is 25.8 Å². The number of nitrogens with one attached hydrogen (secondary N) is 2. The highest BCUT2D eigenvalue weighted by molar-refractivity contribution is 5.89. The van der Waals surface area contributed by atoms with Gasteiger partial charge in [0, 0.05) is 18.2 Å². The highest BCUT2D eigenvalue weighted by Gasteiger charge is 2.14. The predicted octanol–water partition coefficient (Wildman–Crippen LogP) is 3.38. The van der Waals surface area contributed by atoms with Crippen molar-refractivity contribution in [3.63, 3.8) is 0 Å². The minimum absolute atomic E-state index is 0.0311. The van der Waals surface area contributed by atoms with Gasteiger partial charge in [0.25, 0.3) is 0 Å². The van der Waals surface area contributed by atoms with Gasteiger partial charge in [-0.25, -0.2) is 4.79 Å². The van der Waals surface area contributed by atoms with Crippen molar-refractivity contribution < 1.29 is 14.3 Å². The van der Waals surface area contributed by atoms with E-state index in [0.29, 0.717) is 0 Å². The molecule has 2 amide bonds. The summed E-state index contributed by atoms with van der Waals surface area (Å²) in [6.07, 6.45) is 1.74. The summed E-state index contributed by atoms with van der Waals surface area (Å²) in [5.41, 5.74) is 3.19. The molecule has 1 atom stereocenters. The van der Waals surface area contributed by atoms with Crippen molar-refractivity contribution in [3.05, 3.63) is 53.6 Å². The van der Waals surface area contributed by atoms with Crippen molar-refractivity contribution in [2.24, 2.45) is 0 Å². The zero-order chi connectivity index (χ0) is 16.9. The normalized spacial score (nSPS) is 13.6. The molecule has 24 heavy (non-hydrogen) atoms. The lowest BCUT2D eigenvalue weighted by Crippen LogP contribution is -2.37. The van der Waals surface area contributed by atoms with E-state index < -0.39 is 0 Å². The quantitative estimate of drug-likeness (QED) is 0.885. The molecule has 0 aliphatic carbocycles. The first-order valence-electron chi connectivity index (χ1n) is 8.10. The molecule has 5 nitrogen and oxygen atoms in total. The Morgan fingerprint density at radius 1 is 1.25 bits per heavy atom. The maximum Gasteiger partial charge on any atom is 0.319 e. The van der Waals surface area contributed by atoms with E-state index in [-0.39, 0.29) is 12.1 Å². The second-order valence-electron chi connectivity index (χ2n) is 5.97. The number of urea groups is 1. The maximum atomic E-state index is 12.1. The van der Waals surface area contributed by atoms with Crippen LogP contribution < -0.4 is 20.1 Å². The summed E-state index contributed by atoms with van der Waals surface area (Å²) in [6.45, 7) is 2.76. The van der Waals surface area contributed by atoms with Gasteiger partial charge in [0.05, 0.1) is 13.7 Å². The van der Waals surface area contributed by atoms with Gasteiger partial charge in [0.15, 0.2) is 0 Å². The predicted molar refractivity (Wildman–Crippen MR) is 94.0 cm³/mol. The largest absolute Gasteiger partial charge is 0.497 e. The molecule has 0 aromatic heterocycles. The Morgan fingerprint density at radius 2 is 2.04 bits per heavy atom. The van der Waals surface area contributed by atoms with Crippen LogP contribution in [0.4, 0.5) is 10.5 Å². The second kappa shape index (κ2) is 7.25. The molecule has 5 heteroatoms. The van der Waals surface area contributed by atoms with Crippen LogP contribution in [0.2, 0.25) is 0 Å². The molecular formula is C19H22N2O3. The third-order valence-corrected chi connectivity index (χ3v) is 4.02. The highest BCUT2D eigenvalue weighted by Crippen LogP contribution is 2.26. The molecule has 0 radical (unpaired) electrons. The fourth-order valence-electron chi connectivity index (χ4n) is 2.84. The first kappa shape index (κ1) is 16.2. The Bertz CT molecular complexity index is 713. The van der Waals surface area contributed by atoms with E-state index in [1.807, 2.05) is 37.3 Å². The molecule has 2 N–H and O–H groups in total. The molecule has 126 valence electrons. The van der Waals surface area contributed by atoms with Crippen molar-refractivity contribution in [1.82, 2.24) is 5.32 Å². The molecule has 0 saturated carbocycles. The molecule has 1 unspecified atom stereocenters. The van der Waals surface area contributed by atoms with E-state index >= 15 is 0 Å². The van der Waals surface area contributed by atoms with Gasteiger partial charge in [-0.2, -0.15) is 0 Å². The lowest BCUT2D eigenvalue weighted by Gasteiger charge is -2.15. The minimum Gasteiger partial charge on any atom is -0.497 e. The van der Waals surface area contributed by atoms with Crippen LogP contribution in [0, 0.1) is 0 Å². The molecule has 2 aromatic carbocycles. The van der Waals surface area contributed by atoms with Crippen LogP contribution in [0.1, 0.15) is 18.1 Å². The molecule has 1 aliphatic rings. The van der Waals surface area contributed by atoms with Crippen LogP contribution in [-0.2, 0) is 12.8 Å². The summed E-state index contributed by atoms with van der Waals surface area (Å²) in [7, 11) is 1.61. The monoisotopic (exact) mass is 326 g/mol. The summed E-state index contributed by atoms with van der Waals surface area (Å²) in [5, 5.41) is 5.79. The lowest BCUT2D eigenvalue weighted by atomic mass is 10.0. The number of methoxy groups -OCH3 is 1. The molecule has 0 fully saturated rings. The summed E-state index contributed by atoms with van der Waals surface area (Å²) in [6, 6.07) is 13.3. The molecule has 1 aliphatic heterocycles. The van der Waals surface area contributed by atoms with E-state index in [4.69, 9.17) is 9.47 Å². The number of carbonyl (C=O) groups excluding carboxylic acids is 1. The van der Waals surface area contributed by atoms with Crippen LogP contribution in [0.5, 0.6) is 11.5 Å². The minimum atomic E-state index is -0.211. The van der Waals surface area contributed by atoms with Gasteiger partial charge < -0.3 is 20.1 Å². The van der Waals surface area contributed by atoms with Gasteiger partial charge in [0.1, 0.15) is 11.5 Å². The number of amides is 2. The standard InChI is InChI=1S/C19H22N2O3/c1-13(11-14-3-8-18-15(12-14)9-10-24-18)20-19(22)21-16-4-6-17(23-2)7-5-16/h3-8,12-13H,9-11H2,1-2H3,(H2,20,21,22). The number of fused-ring (bicyclic) bond motifs is 1. The number of carbonyl (C=O) groups is 1. The summed E-state index contributed by atoms with van der Waals surface area (Å²) in [4.78, 5) is 12.1. The number of anilines is 1. The Balaban J connectivity index is 1.52. The average molecular weight is 326 g/mol. The number of rotatable bonds is 5. The van der Waals surface area contributed by atoms with Crippen LogP contribution in [0.3, 0.4) is 0 Å². The molecular weight excluding hydrogens is 304 g/mol. The first-order chi connectivity index (χ1) is 11.6. The summed E-state index contributed by atoms with van der Waals surface area (Å²) in [5.74, 6) is 1.74. The van der Waals surface area contributed by atoms with Gasteiger partial charge in [-0.1, -0.05) is 12.1 Å². The van der Waals surface area contributed by atoms with E-state index in [2.05, 4.69) is 22.8 Å². The van der Waals surface area contributed by atoms with Crippen molar-refractivity contribution in [3.8, 4) is 11.5 Å². The molecule has 3 rings (SSSR count). The van der Waals surface area contributed by atoms with Gasteiger partial charge in [-0.05, 0) is 54.8 Å². The topological polar surface area (TPSA) is 59.6 Å². The third-order valence-electron chi connectivity index (χ3n) is 4.02. The Morgan fingerprint density at radius 3 is 2.79 bits per heavy atom. The molecule has 0 bridgehead atoms. The molecule has 1 heterocycles. The number of benzene rings is 2. The van der Waals surface area contributed by atoms with Crippen molar-refractivity contribution in [2.75, 3.05) is 19.0 Å². The molecule has 0 saturated heterocycles. The zero-order valence-electron chi connectivity index (χ0n) is 14.0. The second-order valence-corrected chi connectivity index (χ2v) is 5.97. The van der Waals surface area contributed by atoms with E-state index in [1.165, 1.54) is 11.1 Å². The number of hydrogen-bond donors (Lipinski definition) is 2.